The Kier molecular flexibility index (Phi) is 2.55. The van der Waals surface area contributed by atoms with Gasteiger partial charge in [-0.25, -0.2) is 6.57 Å². The monoisotopic (exact) mass is 180 g/mol. The second-order valence-electron chi connectivity index (χ2n) is 2.36. The zero-order valence-electron chi connectivity index (χ0n) is 6.53. The van der Waals surface area contributed by atoms with Gasteiger partial charge in [-0.1, -0.05) is 0 Å². The van der Waals surface area contributed by atoms with Gasteiger partial charge in [0.25, 0.3) is 0 Å². The standard InChI is InChI=1S/C8H5FN2O2/c1-10-5-6-2-3-7(9)8(4-6)11(12)13/h2-4H,5H2. The second-order valence-corrected chi connectivity index (χ2v) is 2.36. The minimum atomic E-state index is -0.876. The molecule has 0 fully saturated rings. The summed E-state index contributed by atoms with van der Waals surface area (Å²) in [7, 11) is 0. The summed E-state index contributed by atoms with van der Waals surface area (Å²) in [5, 5.41) is 10.3. The predicted molar refractivity (Wildman–Crippen MR) is 43.4 cm³/mol. The predicted octanol–water partition coefficient (Wildman–Crippen LogP) is 2.15. The molecule has 1 aromatic carbocycles. The Morgan fingerprint density at radius 3 is 2.85 bits per heavy atom. The third kappa shape index (κ3) is 1.99. The minimum absolute atomic E-state index is 0.0289. The molecule has 66 valence electrons. The molecular weight excluding hydrogens is 175 g/mol. The van der Waals surface area contributed by atoms with Crippen LogP contribution in [-0.4, -0.2) is 4.92 Å². The van der Waals surface area contributed by atoms with E-state index in [9.17, 15) is 14.5 Å². The molecule has 1 rings (SSSR count). The van der Waals surface area contributed by atoms with Crippen LogP contribution in [0.5, 0.6) is 0 Å². The second kappa shape index (κ2) is 3.63. The van der Waals surface area contributed by atoms with Crippen LogP contribution >= 0.6 is 0 Å². The summed E-state index contributed by atoms with van der Waals surface area (Å²) in [4.78, 5) is 12.5. The highest BCUT2D eigenvalue weighted by Gasteiger charge is 2.14. The number of nitrogens with zero attached hydrogens (tertiary/aromatic N) is 2. The van der Waals surface area contributed by atoms with Gasteiger partial charge in [0.05, 0.1) is 4.92 Å². The molecule has 0 heterocycles. The first-order chi connectivity index (χ1) is 6.15. The Morgan fingerprint density at radius 1 is 1.62 bits per heavy atom. The molecule has 1 aromatic rings. The van der Waals surface area contributed by atoms with Crippen molar-refractivity contribution >= 4 is 5.69 Å². The first kappa shape index (κ1) is 9.13. The summed E-state index contributed by atoms with van der Waals surface area (Å²) in [5.41, 5.74) is -0.135. The summed E-state index contributed by atoms with van der Waals surface area (Å²) < 4.78 is 12.7. The third-order valence-corrected chi connectivity index (χ3v) is 1.47. The van der Waals surface area contributed by atoms with Crippen LogP contribution in [0.3, 0.4) is 0 Å². The van der Waals surface area contributed by atoms with Crippen LogP contribution in [0.1, 0.15) is 5.56 Å². The van der Waals surface area contributed by atoms with E-state index in [1.807, 2.05) is 0 Å². The van der Waals surface area contributed by atoms with E-state index in [4.69, 9.17) is 6.57 Å². The van der Waals surface area contributed by atoms with Gasteiger partial charge in [-0.3, -0.25) is 10.1 Å². The first-order valence-corrected chi connectivity index (χ1v) is 3.41. The zero-order chi connectivity index (χ0) is 9.84. The fraction of sp³-hybridized carbons (Fsp3) is 0.125. The Balaban J connectivity index is 3.13. The van der Waals surface area contributed by atoms with Gasteiger partial charge in [-0.2, -0.15) is 4.39 Å². The van der Waals surface area contributed by atoms with E-state index in [0.717, 1.165) is 12.1 Å². The number of hydrogen-bond acceptors (Lipinski definition) is 2. The summed E-state index contributed by atoms with van der Waals surface area (Å²) >= 11 is 0. The van der Waals surface area contributed by atoms with Crippen molar-refractivity contribution in [3.8, 4) is 0 Å². The number of hydrogen-bond donors (Lipinski definition) is 0. The summed E-state index contributed by atoms with van der Waals surface area (Å²) in [6.45, 7) is 6.56. The van der Waals surface area contributed by atoms with E-state index in [1.165, 1.54) is 6.07 Å². The molecule has 0 amide bonds. The highest BCUT2D eigenvalue weighted by atomic mass is 19.1. The van der Waals surface area contributed by atoms with Gasteiger partial charge in [-0.15, -0.1) is 0 Å². The van der Waals surface area contributed by atoms with Gasteiger partial charge in [-0.05, 0) is 12.1 Å². The van der Waals surface area contributed by atoms with Crippen molar-refractivity contribution in [2.24, 2.45) is 0 Å². The lowest BCUT2D eigenvalue weighted by atomic mass is 10.2. The molecule has 0 aromatic heterocycles. The van der Waals surface area contributed by atoms with Crippen LogP contribution in [0.15, 0.2) is 18.2 Å². The van der Waals surface area contributed by atoms with Crippen molar-refractivity contribution in [1.82, 2.24) is 0 Å². The van der Waals surface area contributed by atoms with Gasteiger partial charge < -0.3 is 4.85 Å². The molecule has 0 radical (unpaired) electrons. The van der Waals surface area contributed by atoms with E-state index >= 15 is 0 Å². The van der Waals surface area contributed by atoms with E-state index in [-0.39, 0.29) is 6.54 Å². The number of rotatable bonds is 2. The van der Waals surface area contributed by atoms with E-state index < -0.39 is 16.4 Å². The molecule has 0 atom stereocenters. The SMILES string of the molecule is [C-]#[N+]Cc1ccc(F)c([N+](=O)[O-])c1. The molecule has 0 aliphatic rings. The normalized spacial score (nSPS) is 9.23. The zero-order valence-corrected chi connectivity index (χ0v) is 6.53. The minimum Gasteiger partial charge on any atom is -0.312 e. The Morgan fingerprint density at radius 2 is 2.31 bits per heavy atom. The number of benzene rings is 1. The molecule has 0 aliphatic heterocycles. The molecule has 0 saturated carbocycles. The van der Waals surface area contributed by atoms with Crippen LogP contribution in [0.25, 0.3) is 4.85 Å². The average molecular weight is 180 g/mol. The summed E-state index contributed by atoms with van der Waals surface area (Å²) in [5.74, 6) is -0.876. The fourth-order valence-electron chi connectivity index (χ4n) is 0.888. The molecule has 4 nitrogen and oxygen atoms in total. The molecule has 0 saturated heterocycles. The summed E-state index contributed by atoms with van der Waals surface area (Å²) in [6, 6.07) is 3.44. The lowest BCUT2D eigenvalue weighted by Crippen LogP contribution is -1.93. The van der Waals surface area contributed by atoms with E-state index in [0.29, 0.717) is 5.56 Å². The summed E-state index contributed by atoms with van der Waals surface area (Å²) in [6.07, 6.45) is 0. The Labute approximate surface area is 73.6 Å². The topological polar surface area (TPSA) is 47.5 Å². The highest BCUT2D eigenvalue weighted by molar-refractivity contribution is 5.36. The van der Waals surface area contributed by atoms with Crippen molar-refractivity contribution in [1.29, 1.82) is 0 Å². The number of halogens is 1. The van der Waals surface area contributed by atoms with Crippen LogP contribution in [0.4, 0.5) is 10.1 Å². The molecule has 0 spiro atoms. The largest absolute Gasteiger partial charge is 0.312 e. The number of nitro benzene ring substituents is 1. The van der Waals surface area contributed by atoms with Crippen molar-refractivity contribution < 1.29 is 9.31 Å². The molecule has 0 unspecified atom stereocenters. The Bertz CT molecular complexity index is 384. The first-order valence-electron chi connectivity index (χ1n) is 3.41. The van der Waals surface area contributed by atoms with Crippen molar-refractivity contribution in [2.75, 3.05) is 0 Å². The van der Waals surface area contributed by atoms with Gasteiger partial charge in [0.15, 0.2) is 0 Å². The molecular formula is C8H5FN2O2. The average Bonchev–Trinajstić information content (AvgIpc) is 2.08. The number of nitro groups is 1. The Hall–Kier alpha value is -1.96. The van der Waals surface area contributed by atoms with Gasteiger partial charge in [0, 0.05) is 11.6 Å². The maximum absolute atomic E-state index is 12.7. The quantitative estimate of drug-likeness (QED) is 0.397. The maximum atomic E-state index is 12.7. The molecule has 0 aliphatic carbocycles. The van der Waals surface area contributed by atoms with Gasteiger partial charge in [0.2, 0.25) is 12.4 Å². The molecule has 13 heavy (non-hydrogen) atoms. The maximum Gasteiger partial charge on any atom is 0.305 e. The fourth-order valence-corrected chi connectivity index (χ4v) is 0.888. The van der Waals surface area contributed by atoms with Crippen LogP contribution < -0.4 is 0 Å². The van der Waals surface area contributed by atoms with Crippen LogP contribution in [-0.2, 0) is 6.54 Å². The molecule has 0 bridgehead atoms. The van der Waals surface area contributed by atoms with Gasteiger partial charge >= 0.3 is 5.69 Å². The smallest absolute Gasteiger partial charge is 0.305 e. The van der Waals surface area contributed by atoms with Crippen LogP contribution in [0, 0.1) is 22.5 Å². The van der Waals surface area contributed by atoms with Crippen LogP contribution in [0.2, 0.25) is 0 Å². The van der Waals surface area contributed by atoms with E-state index in [1.54, 1.807) is 0 Å². The lowest BCUT2D eigenvalue weighted by molar-refractivity contribution is -0.387. The van der Waals surface area contributed by atoms with Crippen molar-refractivity contribution in [3.05, 3.63) is 51.1 Å². The van der Waals surface area contributed by atoms with E-state index in [2.05, 4.69) is 4.85 Å². The molecule has 0 N–H and O–H groups in total. The van der Waals surface area contributed by atoms with Gasteiger partial charge in [0.1, 0.15) is 0 Å². The van der Waals surface area contributed by atoms with Crippen molar-refractivity contribution in [3.63, 3.8) is 0 Å². The lowest BCUT2D eigenvalue weighted by Gasteiger charge is -1.94. The highest BCUT2D eigenvalue weighted by Crippen LogP contribution is 2.18. The molecule has 5 heteroatoms. The van der Waals surface area contributed by atoms with Crippen molar-refractivity contribution in [2.45, 2.75) is 6.54 Å². The third-order valence-electron chi connectivity index (χ3n) is 1.47.